The van der Waals surface area contributed by atoms with Crippen LogP contribution >= 0.6 is 11.3 Å². The maximum atomic E-state index is 9.27. The summed E-state index contributed by atoms with van der Waals surface area (Å²) in [7, 11) is 0. The molecule has 0 aliphatic heterocycles. The van der Waals surface area contributed by atoms with Crippen LogP contribution in [0.3, 0.4) is 0 Å². The van der Waals surface area contributed by atoms with Gasteiger partial charge in [0.25, 0.3) is 0 Å². The number of nitrogens with zero attached hydrogens (tertiary/aromatic N) is 1. The Balaban J connectivity index is 2.86. The molecule has 0 amide bonds. The predicted octanol–water partition coefficient (Wildman–Crippen LogP) is 2.31. The van der Waals surface area contributed by atoms with Gasteiger partial charge in [0.05, 0.1) is 5.39 Å². The van der Waals surface area contributed by atoms with Gasteiger partial charge in [-0.3, -0.25) is 0 Å². The molecule has 2 nitrogen and oxygen atoms in total. The van der Waals surface area contributed by atoms with Crippen LogP contribution in [0.4, 0.5) is 0 Å². The van der Waals surface area contributed by atoms with E-state index in [1.807, 2.05) is 19.1 Å². The lowest BCUT2D eigenvalue weighted by Crippen LogP contribution is -1.76. The van der Waals surface area contributed by atoms with E-state index in [9.17, 15) is 5.11 Å². The first-order valence-corrected chi connectivity index (χ1v) is 4.19. The fourth-order valence-electron chi connectivity index (χ4n) is 0.993. The highest BCUT2D eigenvalue weighted by atomic mass is 32.1. The van der Waals surface area contributed by atoms with E-state index in [1.165, 1.54) is 11.3 Å². The van der Waals surface area contributed by atoms with Gasteiger partial charge in [0.2, 0.25) is 0 Å². The Labute approximate surface area is 68.1 Å². The molecular weight excluding hydrogens is 158 g/mol. The van der Waals surface area contributed by atoms with E-state index in [4.69, 9.17) is 0 Å². The summed E-state index contributed by atoms with van der Waals surface area (Å²) in [6.07, 6.45) is 0. The Kier molecular flexibility index (Phi) is 1.32. The van der Waals surface area contributed by atoms with E-state index in [0.29, 0.717) is 5.75 Å². The van der Waals surface area contributed by atoms with Crippen molar-refractivity contribution >= 4 is 21.6 Å². The third-order valence-corrected chi connectivity index (χ3v) is 2.43. The van der Waals surface area contributed by atoms with Gasteiger partial charge in [0.1, 0.15) is 10.6 Å². The predicted molar refractivity (Wildman–Crippen MR) is 46.0 cm³/mol. The average Bonchev–Trinajstić information content (AvgIpc) is 2.32. The van der Waals surface area contributed by atoms with Crippen molar-refractivity contribution < 1.29 is 5.11 Å². The second-order valence-electron chi connectivity index (χ2n) is 2.43. The SMILES string of the molecule is Cc1ccc2c(O)csc2n1. The zero-order valence-electron chi connectivity index (χ0n) is 6.03. The molecule has 2 aromatic heterocycles. The van der Waals surface area contributed by atoms with E-state index in [1.54, 1.807) is 5.38 Å². The first-order chi connectivity index (χ1) is 5.27. The van der Waals surface area contributed by atoms with Crippen molar-refractivity contribution in [1.82, 2.24) is 4.98 Å². The molecule has 0 saturated carbocycles. The molecule has 0 saturated heterocycles. The number of fused-ring (bicyclic) bond motifs is 1. The molecule has 0 fully saturated rings. The molecule has 0 bridgehead atoms. The summed E-state index contributed by atoms with van der Waals surface area (Å²) in [6.45, 7) is 1.94. The second kappa shape index (κ2) is 2.20. The molecule has 0 radical (unpaired) electrons. The van der Waals surface area contributed by atoms with E-state index in [0.717, 1.165) is 15.9 Å². The van der Waals surface area contributed by atoms with E-state index < -0.39 is 0 Å². The number of thiophene rings is 1. The molecule has 0 aromatic carbocycles. The van der Waals surface area contributed by atoms with E-state index in [-0.39, 0.29) is 0 Å². The maximum Gasteiger partial charge on any atom is 0.135 e. The molecule has 3 heteroatoms. The third kappa shape index (κ3) is 0.973. The molecule has 2 heterocycles. The van der Waals surface area contributed by atoms with Crippen molar-refractivity contribution in [3.05, 3.63) is 23.2 Å². The summed E-state index contributed by atoms with van der Waals surface area (Å²) in [4.78, 5) is 5.16. The maximum absolute atomic E-state index is 9.27. The van der Waals surface area contributed by atoms with Gasteiger partial charge in [-0.1, -0.05) is 0 Å². The summed E-state index contributed by atoms with van der Waals surface area (Å²) in [5.41, 5.74) is 0.986. The van der Waals surface area contributed by atoms with Crippen LogP contribution in [0.2, 0.25) is 0 Å². The molecule has 1 N–H and O–H groups in total. The number of pyridine rings is 1. The minimum Gasteiger partial charge on any atom is -0.506 e. The van der Waals surface area contributed by atoms with Crippen molar-refractivity contribution in [3.63, 3.8) is 0 Å². The molecule has 0 aliphatic rings. The topological polar surface area (TPSA) is 33.1 Å². The van der Waals surface area contributed by atoms with Crippen LogP contribution < -0.4 is 0 Å². The van der Waals surface area contributed by atoms with Crippen LogP contribution in [0.1, 0.15) is 5.69 Å². The standard InChI is InChI=1S/C8H7NOS/c1-5-2-3-6-7(10)4-11-8(6)9-5/h2-4,10H,1H3. The number of rotatable bonds is 0. The van der Waals surface area contributed by atoms with Crippen molar-refractivity contribution in [2.75, 3.05) is 0 Å². The van der Waals surface area contributed by atoms with Crippen LogP contribution in [0.5, 0.6) is 5.75 Å². The van der Waals surface area contributed by atoms with Crippen molar-refractivity contribution in [2.45, 2.75) is 6.92 Å². The molecule has 11 heavy (non-hydrogen) atoms. The van der Waals surface area contributed by atoms with Gasteiger partial charge in [-0.05, 0) is 19.1 Å². The number of aromatic hydroxyl groups is 1. The fourth-order valence-corrected chi connectivity index (χ4v) is 1.84. The van der Waals surface area contributed by atoms with Crippen LogP contribution in [-0.2, 0) is 0 Å². The molecule has 0 aliphatic carbocycles. The van der Waals surface area contributed by atoms with E-state index in [2.05, 4.69) is 4.98 Å². The molecule has 0 spiro atoms. The van der Waals surface area contributed by atoms with Crippen LogP contribution in [-0.4, -0.2) is 10.1 Å². The lowest BCUT2D eigenvalue weighted by molar-refractivity contribution is 0.483. The normalized spacial score (nSPS) is 10.6. The Bertz CT molecular complexity index is 394. The fraction of sp³-hybridized carbons (Fsp3) is 0.125. The van der Waals surface area contributed by atoms with Gasteiger partial charge < -0.3 is 5.11 Å². The lowest BCUT2D eigenvalue weighted by Gasteiger charge is -1.90. The highest BCUT2D eigenvalue weighted by molar-refractivity contribution is 7.17. The quantitative estimate of drug-likeness (QED) is 0.649. The Morgan fingerprint density at radius 2 is 2.27 bits per heavy atom. The highest BCUT2D eigenvalue weighted by Gasteiger charge is 2.01. The largest absolute Gasteiger partial charge is 0.506 e. The summed E-state index contributed by atoms with van der Waals surface area (Å²) < 4.78 is 0. The van der Waals surface area contributed by atoms with Crippen molar-refractivity contribution in [1.29, 1.82) is 0 Å². The first kappa shape index (κ1) is 6.61. The van der Waals surface area contributed by atoms with Gasteiger partial charge in [-0.15, -0.1) is 11.3 Å². The first-order valence-electron chi connectivity index (χ1n) is 3.31. The molecule has 2 rings (SSSR count). The molecular formula is C8H7NOS. The van der Waals surface area contributed by atoms with Crippen LogP contribution in [0.25, 0.3) is 10.2 Å². The zero-order chi connectivity index (χ0) is 7.84. The van der Waals surface area contributed by atoms with E-state index >= 15 is 0 Å². The van der Waals surface area contributed by atoms with Gasteiger partial charge in [-0.25, -0.2) is 4.98 Å². The summed E-state index contributed by atoms with van der Waals surface area (Å²) in [5, 5.41) is 11.8. The Morgan fingerprint density at radius 1 is 1.45 bits per heavy atom. The molecule has 56 valence electrons. The summed E-state index contributed by atoms with van der Waals surface area (Å²) in [5.74, 6) is 0.331. The number of hydrogen-bond acceptors (Lipinski definition) is 3. The highest BCUT2D eigenvalue weighted by Crippen LogP contribution is 2.29. The molecule has 0 unspecified atom stereocenters. The zero-order valence-corrected chi connectivity index (χ0v) is 6.85. The second-order valence-corrected chi connectivity index (χ2v) is 3.28. The van der Waals surface area contributed by atoms with Gasteiger partial charge >= 0.3 is 0 Å². The number of aryl methyl sites for hydroxylation is 1. The van der Waals surface area contributed by atoms with Gasteiger partial charge in [-0.2, -0.15) is 0 Å². The average molecular weight is 165 g/mol. The smallest absolute Gasteiger partial charge is 0.135 e. The minimum atomic E-state index is 0.331. The summed E-state index contributed by atoms with van der Waals surface area (Å²) >= 11 is 1.47. The van der Waals surface area contributed by atoms with Gasteiger partial charge in [0.15, 0.2) is 0 Å². The Morgan fingerprint density at radius 3 is 3.09 bits per heavy atom. The van der Waals surface area contributed by atoms with Crippen LogP contribution in [0.15, 0.2) is 17.5 Å². The minimum absolute atomic E-state index is 0.331. The molecule has 2 aromatic rings. The summed E-state index contributed by atoms with van der Waals surface area (Å²) in [6, 6.07) is 3.79. The monoisotopic (exact) mass is 165 g/mol. The lowest BCUT2D eigenvalue weighted by atomic mass is 10.3. The van der Waals surface area contributed by atoms with Gasteiger partial charge in [0, 0.05) is 11.1 Å². The van der Waals surface area contributed by atoms with Crippen molar-refractivity contribution in [2.24, 2.45) is 0 Å². The van der Waals surface area contributed by atoms with Crippen molar-refractivity contribution in [3.8, 4) is 5.75 Å². The Hall–Kier alpha value is -1.09. The third-order valence-electron chi connectivity index (χ3n) is 1.56. The number of hydrogen-bond donors (Lipinski definition) is 1. The number of aromatic nitrogens is 1. The van der Waals surface area contributed by atoms with Crippen LogP contribution in [0, 0.1) is 6.92 Å². The molecule has 0 atom stereocenters.